The van der Waals surface area contributed by atoms with Crippen molar-refractivity contribution in [2.24, 2.45) is 5.10 Å². The van der Waals surface area contributed by atoms with Gasteiger partial charge in [-0.1, -0.05) is 30.3 Å². The molecule has 1 heterocycles. The molecule has 0 unspecified atom stereocenters. The fraction of sp³-hybridized carbons (Fsp3) is 0.235. The van der Waals surface area contributed by atoms with E-state index in [1.165, 1.54) is 16.9 Å². The summed E-state index contributed by atoms with van der Waals surface area (Å²) in [4.78, 5) is 2.09. The van der Waals surface area contributed by atoms with E-state index in [2.05, 4.69) is 63.5 Å². The van der Waals surface area contributed by atoms with Crippen LogP contribution in [0.15, 0.2) is 53.6 Å². The van der Waals surface area contributed by atoms with E-state index in [1.54, 1.807) is 0 Å². The number of hydrogen-bond acceptors (Lipinski definition) is 3. The fourth-order valence-electron chi connectivity index (χ4n) is 2.44. The molecule has 0 saturated heterocycles. The molecule has 1 aliphatic rings. The number of rotatable bonds is 3. The Morgan fingerprint density at radius 1 is 1.05 bits per heavy atom. The molecule has 0 bridgehead atoms. The molecule has 3 heteroatoms. The molecular weight excluding hydrogens is 246 g/mol. The van der Waals surface area contributed by atoms with Crippen molar-refractivity contribution in [2.45, 2.75) is 6.42 Å². The van der Waals surface area contributed by atoms with E-state index >= 15 is 0 Å². The number of fused-ring (bicyclic) bond motifs is 1. The van der Waals surface area contributed by atoms with Crippen molar-refractivity contribution in [3.8, 4) is 0 Å². The number of para-hydroxylation sites is 1. The molecule has 0 aromatic heterocycles. The average molecular weight is 265 g/mol. The van der Waals surface area contributed by atoms with Crippen LogP contribution >= 0.6 is 0 Å². The van der Waals surface area contributed by atoms with Crippen molar-refractivity contribution in [1.82, 2.24) is 0 Å². The van der Waals surface area contributed by atoms with Gasteiger partial charge in [0, 0.05) is 26.3 Å². The van der Waals surface area contributed by atoms with Crippen molar-refractivity contribution in [3.05, 3.63) is 59.7 Å². The summed E-state index contributed by atoms with van der Waals surface area (Å²) in [5, 5.41) is 6.68. The third-order valence-electron chi connectivity index (χ3n) is 3.62. The number of nitrogens with zero attached hydrogens (tertiary/aromatic N) is 3. The molecule has 20 heavy (non-hydrogen) atoms. The molecule has 0 atom stereocenters. The summed E-state index contributed by atoms with van der Waals surface area (Å²) < 4.78 is 0. The van der Waals surface area contributed by atoms with E-state index < -0.39 is 0 Å². The molecule has 3 nitrogen and oxygen atoms in total. The first-order valence-corrected chi connectivity index (χ1v) is 6.91. The lowest BCUT2D eigenvalue weighted by Crippen LogP contribution is -2.12. The lowest BCUT2D eigenvalue weighted by molar-refractivity contribution is 0.896. The van der Waals surface area contributed by atoms with E-state index in [-0.39, 0.29) is 0 Å². The molecule has 3 rings (SSSR count). The second kappa shape index (κ2) is 5.37. The Labute approximate surface area is 120 Å². The Balaban J connectivity index is 1.75. The number of hydrogen-bond donors (Lipinski definition) is 0. The maximum atomic E-state index is 4.60. The number of anilines is 2. The molecule has 2 aromatic carbocycles. The van der Waals surface area contributed by atoms with Gasteiger partial charge in [0.05, 0.1) is 11.9 Å². The Morgan fingerprint density at radius 2 is 1.80 bits per heavy atom. The highest BCUT2D eigenvalue weighted by molar-refractivity contribution is 5.81. The monoisotopic (exact) mass is 265 g/mol. The van der Waals surface area contributed by atoms with Crippen LogP contribution in [0.2, 0.25) is 0 Å². The minimum absolute atomic E-state index is 0.964. The van der Waals surface area contributed by atoms with Crippen molar-refractivity contribution >= 4 is 17.6 Å². The molecule has 1 aliphatic heterocycles. The van der Waals surface area contributed by atoms with Gasteiger partial charge in [-0.05, 0) is 35.7 Å². The van der Waals surface area contributed by atoms with Crippen LogP contribution in [0.1, 0.15) is 11.1 Å². The van der Waals surface area contributed by atoms with Crippen LogP contribution in [0.4, 0.5) is 11.4 Å². The van der Waals surface area contributed by atoms with Crippen molar-refractivity contribution in [2.75, 3.05) is 30.5 Å². The van der Waals surface area contributed by atoms with Crippen LogP contribution in [-0.2, 0) is 6.42 Å². The summed E-state index contributed by atoms with van der Waals surface area (Å²) in [6.45, 7) is 0.964. The average Bonchev–Trinajstić information content (AvgIpc) is 2.89. The standard InChI is InChI=1S/C17H19N3/c1-19(2)16-9-7-14(8-10-16)13-18-20-12-11-15-5-3-4-6-17(15)20/h3-10,13H,11-12H2,1-2H3/b18-13+. The first-order chi connectivity index (χ1) is 9.74. The molecule has 0 N–H and O–H groups in total. The van der Waals surface area contributed by atoms with Crippen LogP contribution in [0.3, 0.4) is 0 Å². The molecular formula is C17H19N3. The first-order valence-electron chi connectivity index (χ1n) is 6.91. The topological polar surface area (TPSA) is 18.8 Å². The van der Waals surface area contributed by atoms with E-state index in [0.717, 1.165) is 18.5 Å². The van der Waals surface area contributed by atoms with Crippen LogP contribution in [0.5, 0.6) is 0 Å². The molecule has 0 amide bonds. The zero-order chi connectivity index (χ0) is 13.9. The van der Waals surface area contributed by atoms with E-state index in [4.69, 9.17) is 0 Å². The van der Waals surface area contributed by atoms with Crippen LogP contribution < -0.4 is 9.91 Å². The van der Waals surface area contributed by atoms with Gasteiger partial charge in [-0.3, -0.25) is 5.01 Å². The highest BCUT2D eigenvalue weighted by Gasteiger charge is 2.16. The third kappa shape index (κ3) is 2.52. The van der Waals surface area contributed by atoms with Gasteiger partial charge in [-0.2, -0.15) is 5.10 Å². The Bertz CT molecular complexity index is 614. The second-order valence-electron chi connectivity index (χ2n) is 5.23. The third-order valence-corrected chi connectivity index (χ3v) is 3.62. The van der Waals surface area contributed by atoms with Crippen molar-refractivity contribution in [1.29, 1.82) is 0 Å². The normalized spacial score (nSPS) is 13.8. The van der Waals surface area contributed by atoms with Crippen molar-refractivity contribution < 1.29 is 0 Å². The smallest absolute Gasteiger partial charge is 0.0626 e. The van der Waals surface area contributed by atoms with E-state index in [9.17, 15) is 0 Å². The van der Waals surface area contributed by atoms with Gasteiger partial charge in [-0.15, -0.1) is 0 Å². The quantitative estimate of drug-likeness (QED) is 0.794. The maximum Gasteiger partial charge on any atom is 0.0626 e. The highest BCUT2D eigenvalue weighted by atomic mass is 15.5. The SMILES string of the molecule is CN(C)c1ccc(/C=N/N2CCc3ccccc32)cc1. The van der Waals surface area contributed by atoms with Gasteiger partial charge in [-0.25, -0.2) is 0 Å². The van der Waals surface area contributed by atoms with Crippen LogP contribution in [0, 0.1) is 0 Å². The summed E-state index contributed by atoms with van der Waals surface area (Å²) in [6.07, 6.45) is 3.01. The molecule has 0 spiro atoms. The lowest BCUT2D eigenvalue weighted by Gasteiger charge is -2.13. The molecule has 0 aliphatic carbocycles. The van der Waals surface area contributed by atoms with Crippen LogP contribution in [-0.4, -0.2) is 26.9 Å². The minimum Gasteiger partial charge on any atom is -0.378 e. The Kier molecular flexibility index (Phi) is 3.42. The summed E-state index contributed by atoms with van der Waals surface area (Å²) >= 11 is 0. The van der Waals surface area contributed by atoms with Gasteiger partial charge >= 0.3 is 0 Å². The molecule has 0 radical (unpaired) electrons. The summed E-state index contributed by atoms with van der Waals surface area (Å²) in [5.41, 5.74) is 4.94. The second-order valence-corrected chi connectivity index (χ2v) is 5.23. The van der Waals surface area contributed by atoms with E-state index in [0.29, 0.717) is 0 Å². The minimum atomic E-state index is 0.964. The molecule has 2 aromatic rings. The largest absolute Gasteiger partial charge is 0.378 e. The van der Waals surface area contributed by atoms with Crippen LogP contribution in [0.25, 0.3) is 0 Å². The highest BCUT2D eigenvalue weighted by Crippen LogP contribution is 2.27. The van der Waals surface area contributed by atoms with Crippen molar-refractivity contribution in [3.63, 3.8) is 0 Å². The Morgan fingerprint density at radius 3 is 2.55 bits per heavy atom. The van der Waals surface area contributed by atoms with E-state index in [1.807, 2.05) is 20.3 Å². The molecule has 0 saturated carbocycles. The van der Waals surface area contributed by atoms with Gasteiger partial charge < -0.3 is 4.90 Å². The summed E-state index contributed by atoms with van der Waals surface area (Å²) in [5.74, 6) is 0. The zero-order valence-electron chi connectivity index (χ0n) is 12.0. The summed E-state index contributed by atoms with van der Waals surface area (Å²) in [6, 6.07) is 16.9. The molecule has 0 fully saturated rings. The number of hydrazone groups is 1. The zero-order valence-corrected chi connectivity index (χ0v) is 12.0. The Hall–Kier alpha value is -2.29. The predicted molar refractivity (Wildman–Crippen MR) is 85.9 cm³/mol. The van der Waals surface area contributed by atoms with Gasteiger partial charge in [0.2, 0.25) is 0 Å². The molecule has 102 valence electrons. The maximum absolute atomic E-state index is 4.60. The predicted octanol–water partition coefficient (Wildman–Crippen LogP) is 3.15. The van der Waals surface area contributed by atoms with Gasteiger partial charge in [0.1, 0.15) is 0 Å². The number of benzene rings is 2. The van der Waals surface area contributed by atoms with Gasteiger partial charge in [0.25, 0.3) is 0 Å². The fourth-order valence-corrected chi connectivity index (χ4v) is 2.44. The van der Waals surface area contributed by atoms with Gasteiger partial charge in [0.15, 0.2) is 0 Å². The lowest BCUT2D eigenvalue weighted by atomic mass is 10.2. The summed E-state index contributed by atoms with van der Waals surface area (Å²) in [7, 11) is 4.09. The first kappa shape index (κ1) is 12.7.